The predicted octanol–water partition coefficient (Wildman–Crippen LogP) is 1.33. The molecular weight excluding hydrogens is 520 g/mol. The summed E-state index contributed by atoms with van der Waals surface area (Å²) in [7, 11) is 0. The number of benzene rings is 1. The number of carbonyl (C=O) groups is 3. The van der Waals surface area contributed by atoms with Gasteiger partial charge in [-0.25, -0.2) is 4.79 Å². The van der Waals surface area contributed by atoms with E-state index in [-0.39, 0.29) is 25.0 Å². The van der Waals surface area contributed by atoms with Crippen LogP contribution >= 0.6 is 0 Å². The van der Waals surface area contributed by atoms with E-state index in [2.05, 4.69) is 0 Å². The van der Waals surface area contributed by atoms with Gasteiger partial charge in [0.2, 0.25) is 0 Å². The smallest absolute Gasteiger partial charge is 0.338 e. The normalized spacial score (nSPS) is 42.0. The van der Waals surface area contributed by atoms with Crippen molar-refractivity contribution in [3.05, 3.63) is 47.0 Å². The van der Waals surface area contributed by atoms with E-state index in [1.165, 1.54) is 13.8 Å². The molecule has 9 atom stereocenters. The Morgan fingerprint density at radius 1 is 1.12 bits per heavy atom. The summed E-state index contributed by atoms with van der Waals surface area (Å²) < 4.78 is 17.9. The fourth-order valence-electron chi connectivity index (χ4n) is 8.07. The van der Waals surface area contributed by atoms with Crippen LogP contribution in [-0.2, 0) is 23.8 Å². The lowest BCUT2D eigenvalue weighted by Gasteiger charge is -2.67. The Kier molecular flexibility index (Phi) is 6.83. The second-order valence-corrected chi connectivity index (χ2v) is 12.5. The third-order valence-corrected chi connectivity index (χ3v) is 10.3. The Balaban J connectivity index is 1.83. The number of carbonyl (C=O) groups excluding carboxylic acids is 3. The second kappa shape index (κ2) is 9.46. The Bertz CT molecular complexity index is 1260. The zero-order valence-corrected chi connectivity index (χ0v) is 23.4. The fourth-order valence-corrected chi connectivity index (χ4v) is 8.07. The molecule has 5 rings (SSSR count). The summed E-state index contributed by atoms with van der Waals surface area (Å²) in [5.41, 5.74) is -5.64. The Labute approximate surface area is 232 Å². The number of ketones is 1. The van der Waals surface area contributed by atoms with Gasteiger partial charge in [0.05, 0.1) is 48.2 Å². The molecule has 1 aromatic carbocycles. The van der Waals surface area contributed by atoms with Gasteiger partial charge in [-0.2, -0.15) is 0 Å². The molecule has 4 N–H and O–H groups in total. The Hall–Kier alpha value is -2.63. The summed E-state index contributed by atoms with van der Waals surface area (Å²) in [6, 6.07) is 8.13. The van der Waals surface area contributed by atoms with E-state index >= 15 is 0 Å². The highest BCUT2D eigenvalue weighted by atomic mass is 16.6. The van der Waals surface area contributed by atoms with Gasteiger partial charge in [-0.3, -0.25) is 9.59 Å². The van der Waals surface area contributed by atoms with Crippen LogP contribution in [0.25, 0.3) is 0 Å². The minimum atomic E-state index is -2.02. The zero-order valence-electron chi connectivity index (χ0n) is 23.4. The van der Waals surface area contributed by atoms with Crippen LogP contribution in [0.15, 0.2) is 41.5 Å². The summed E-state index contributed by atoms with van der Waals surface area (Å²) in [5.74, 6) is -4.47. The third-order valence-electron chi connectivity index (χ3n) is 10.3. The highest BCUT2D eigenvalue weighted by Crippen LogP contribution is 2.64. The minimum Gasteiger partial charge on any atom is -0.455 e. The van der Waals surface area contributed by atoms with Gasteiger partial charge in [-0.15, -0.1) is 0 Å². The highest BCUT2D eigenvalue weighted by molar-refractivity contribution is 5.92. The summed E-state index contributed by atoms with van der Waals surface area (Å²) in [6.45, 7) is 6.96. The molecule has 1 saturated heterocycles. The molecule has 1 heterocycles. The van der Waals surface area contributed by atoms with Crippen LogP contribution in [0.1, 0.15) is 57.8 Å². The van der Waals surface area contributed by atoms with Crippen LogP contribution in [0.3, 0.4) is 0 Å². The first-order chi connectivity index (χ1) is 18.7. The molecule has 4 aliphatic rings. The maximum atomic E-state index is 14.6. The SMILES string of the molecule is CC(=O)O[C@@]12CO[C@@H]1C[C@H](O)[C@@]1(C)C(=O)[C@H](CO)C3=C(C)[C@@H](O)C[C@@](O)([C@@H](OC(=O)c4ccccc4)[C@H]21)C3(C)C. The van der Waals surface area contributed by atoms with E-state index in [9.17, 15) is 34.8 Å². The van der Waals surface area contributed by atoms with Crippen molar-refractivity contribution < 1.29 is 49.0 Å². The number of esters is 2. The number of hydrogen-bond acceptors (Lipinski definition) is 10. The van der Waals surface area contributed by atoms with Gasteiger partial charge in [0.1, 0.15) is 17.8 Å². The van der Waals surface area contributed by atoms with Gasteiger partial charge in [0, 0.05) is 25.2 Å². The summed E-state index contributed by atoms with van der Waals surface area (Å²) >= 11 is 0. The van der Waals surface area contributed by atoms with Crippen molar-refractivity contribution in [2.75, 3.05) is 13.2 Å². The van der Waals surface area contributed by atoms with E-state index < -0.39 is 82.6 Å². The van der Waals surface area contributed by atoms with Gasteiger partial charge in [-0.1, -0.05) is 32.0 Å². The topological polar surface area (TPSA) is 160 Å². The van der Waals surface area contributed by atoms with E-state index in [1.807, 2.05) is 0 Å². The molecule has 218 valence electrons. The van der Waals surface area contributed by atoms with E-state index in [0.717, 1.165) is 0 Å². The molecule has 1 aromatic rings. The van der Waals surface area contributed by atoms with Gasteiger partial charge in [-0.05, 0) is 37.1 Å². The maximum Gasteiger partial charge on any atom is 0.338 e. The molecule has 10 nitrogen and oxygen atoms in total. The molecule has 0 radical (unpaired) electrons. The lowest BCUT2D eigenvalue weighted by molar-refractivity contribution is -0.345. The van der Waals surface area contributed by atoms with E-state index in [4.69, 9.17) is 14.2 Å². The quantitative estimate of drug-likeness (QED) is 0.314. The average molecular weight is 559 g/mol. The van der Waals surface area contributed by atoms with Crippen molar-refractivity contribution in [2.24, 2.45) is 22.7 Å². The molecule has 40 heavy (non-hydrogen) atoms. The molecular formula is C30H38O10. The monoisotopic (exact) mass is 558 g/mol. The van der Waals surface area contributed by atoms with Crippen molar-refractivity contribution in [3.63, 3.8) is 0 Å². The molecule has 2 bridgehead atoms. The van der Waals surface area contributed by atoms with Crippen LogP contribution in [-0.4, -0.2) is 87.0 Å². The summed E-state index contributed by atoms with van der Waals surface area (Å²) in [6.07, 6.45) is -5.25. The van der Waals surface area contributed by atoms with Gasteiger partial charge in [0.25, 0.3) is 0 Å². The third kappa shape index (κ3) is 3.69. The van der Waals surface area contributed by atoms with Crippen molar-refractivity contribution in [1.82, 2.24) is 0 Å². The van der Waals surface area contributed by atoms with Crippen LogP contribution in [0.4, 0.5) is 0 Å². The highest BCUT2D eigenvalue weighted by Gasteiger charge is 2.77. The number of fused-ring (bicyclic) bond motifs is 5. The van der Waals surface area contributed by atoms with Crippen molar-refractivity contribution in [1.29, 1.82) is 0 Å². The van der Waals surface area contributed by atoms with E-state index in [0.29, 0.717) is 11.1 Å². The molecule has 3 fully saturated rings. The Morgan fingerprint density at radius 2 is 1.77 bits per heavy atom. The van der Waals surface area contributed by atoms with Gasteiger partial charge in [0.15, 0.2) is 11.4 Å². The predicted molar refractivity (Wildman–Crippen MR) is 140 cm³/mol. The fraction of sp³-hybridized carbons (Fsp3) is 0.633. The molecule has 1 aliphatic heterocycles. The molecule has 10 heteroatoms. The number of rotatable bonds is 4. The van der Waals surface area contributed by atoms with Gasteiger partial charge < -0.3 is 34.6 Å². The number of hydrogen-bond donors (Lipinski definition) is 4. The number of ether oxygens (including phenoxy) is 3. The average Bonchev–Trinajstić information content (AvgIpc) is 2.89. The number of aliphatic hydroxyl groups excluding tert-OH is 3. The first-order valence-electron chi connectivity index (χ1n) is 13.7. The second-order valence-electron chi connectivity index (χ2n) is 12.5. The van der Waals surface area contributed by atoms with Crippen LogP contribution in [0, 0.1) is 22.7 Å². The lowest BCUT2D eigenvalue weighted by atomic mass is 9.43. The number of Topliss-reactive ketones (excluding diaryl/α,β-unsaturated/α-hetero) is 1. The van der Waals surface area contributed by atoms with Crippen molar-refractivity contribution >= 4 is 17.7 Å². The van der Waals surface area contributed by atoms with Crippen LogP contribution < -0.4 is 0 Å². The summed E-state index contributed by atoms with van der Waals surface area (Å²) in [5, 5.41) is 46.2. The lowest BCUT2D eigenvalue weighted by Crippen LogP contribution is -2.81. The number of aliphatic hydroxyl groups is 4. The molecule has 0 amide bonds. The molecule has 0 unspecified atom stereocenters. The minimum absolute atomic E-state index is 0.0496. The first kappa shape index (κ1) is 28.9. The zero-order chi connectivity index (χ0) is 29.4. The molecule has 0 spiro atoms. The Morgan fingerprint density at radius 3 is 2.33 bits per heavy atom. The largest absolute Gasteiger partial charge is 0.455 e. The first-order valence-corrected chi connectivity index (χ1v) is 13.7. The molecule has 2 saturated carbocycles. The molecule has 3 aliphatic carbocycles. The van der Waals surface area contributed by atoms with Crippen molar-refractivity contribution in [2.45, 2.75) is 83.1 Å². The molecule has 0 aromatic heterocycles. The summed E-state index contributed by atoms with van der Waals surface area (Å²) in [4.78, 5) is 40.7. The van der Waals surface area contributed by atoms with Crippen molar-refractivity contribution in [3.8, 4) is 0 Å². The van der Waals surface area contributed by atoms with Crippen LogP contribution in [0.5, 0.6) is 0 Å². The van der Waals surface area contributed by atoms with Gasteiger partial charge >= 0.3 is 11.9 Å². The maximum absolute atomic E-state index is 14.6. The standard InChI is InChI=1S/C30H38O10/c1-15-19(33)12-30(37)25(39-26(36)17-9-7-6-8-10-17)23-28(5,24(35)18(13-31)22(15)27(30,3)4)20(34)11-21-29(23,14-38-21)40-16(2)32/h6-10,18-21,23,25,31,33-34,37H,11-14H2,1-5H3/t18-,19+,20+,21-,23+,25+,28-,29+,30-/m1/s1. The van der Waals surface area contributed by atoms with E-state index in [1.54, 1.807) is 51.1 Å². The van der Waals surface area contributed by atoms with Crippen LogP contribution in [0.2, 0.25) is 0 Å².